The van der Waals surface area contributed by atoms with Gasteiger partial charge in [-0.25, -0.2) is 0 Å². The minimum absolute atomic E-state index is 0.196. The number of para-hydroxylation sites is 1. The topological polar surface area (TPSA) is 63.9 Å². The Hall–Kier alpha value is -2.67. The van der Waals surface area contributed by atoms with E-state index < -0.39 is 0 Å². The van der Waals surface area contributed by atoms with Gasteiger partial charge in [0.1, 0.15) is 0 Å². The highest BCUT2D eigenvalue weighted by Crippen LogP contribution is 2.34. The van der Waals surface area contributed by atoms with E-state index in [0.717, 1.165) is 48.0 Å². The highest BCUT2D eigenvalue weighted by Gasteiger charge is 2.31. The fourth-order valence-electron chi connectivity index (χ4n) is 4.58. The molecule has 1 aromatic carbocycles. The van der Waals surface area contributed by atoms with Gasteiger partial charge in [0.25, 0.3) is 0 Å². The smallest absolute Gasteiger partial charge is 0.236 e. The number of amides is 1. The van der Waals surface area contributed by atoms with Gasteiger partial charge < -0.3 is 4.90 Å². The molecule has 33 heavy (non-hydrogen) atoms. The van der Waals surface area contributed by atoms with E-state index in [0.29, 0.717) is 12.0 Å². The second-order valence-corrected chi connectivity index (χ2v) is 10.3. The lowest BCUT2D eigenvalue weighted by Crippen LogP contribution is -2.46. The number of hydrogen-bond donors (Lipinski definition) is 0. The molecular formula is C26H33N5OS. The van der Waals surface area contributed by atoms with E-state index in [1.165, 1.54) is 23.7 Å². The lowest BCUT2D eigenvalue weighted by molar-refractivity contribution is -0.134. The highest BCUT2D eigenvalue weighted by atomic mass is 32.2. The first kappa shape index (κ1) is 23.5. The van der Waals surface area contributed by atoms with Crippen molar-refractivity contribution in [1.82, 2.24) is 24.6 Å². The van der Waals surface area contributed by atoms with Crippen LogP contribution in [0.5, 0.6) is 0 Å². The van der Waals surface area contributed by atoms with Crippen LogP contribution in [-0.2, 0) is 4.79 Å². The third-order valence-corrected chi connectivity index (χ3v) is 7.39. The van der Waals surface area contributed by atoms with Crippen molar-refractivity contribution in [3.8, 4) is 17.1 Å². The summed E-state index contributed by atoms with van der Waals surface area (Å²) in [6.07, 6.45) is 7.96. The van der Waals surface area contributed by atoms with E-state index in [1.54, 1.807) is 12.4 Å². The highest BCUT2D eigenvalue weighted by molar-refractivity contribution is 8.00. The Morgan fingerprint density at radius 2 is 1.94 bits per heavy atom. The van der Waals surface area contributed by atoms with Gasteiger partial charge in [-0.15, -0.1) is 10.2 Å². The van der Waals surface area contributed by atoms with Gasteiger partial charge in [-0.1, -0.05) is 50.7 Å². The maximum Gasteiger partial charge on any atom is 0.236 e. The van der Waals surface area contributed by atoms with E-state index in [4.69, 9.17) is 0 Å². The number of hydrogen-bond acceptors (Lipinski definition) is 5. The van der Waals surface area contributed by atoms with Gasteiger partial charge in [0, 0.05) is 30.5 Å². The molecule has 2 aromatic heterocycles. The zero-order valence-electron chi connectivity index (χ0n) is 19.9. The Kier molecular flexibility index (Phi) is 7.48. The molecular weight excluding hydrogens is 430 g/mol. The molecule has 4 rings (SSSR count). The molecule has 1 aliphatic heterocycles. The average molecular weight is 464 g/mol. The molecule has 174 valence electrons. The summed E-state index contributed by atoms with van der Waals surface area (Å²) < 4.78 is 2.09. The number of nitrogens with zero attached hydrogens (tertiary/aromatic N) is 5. The predicted molar refractivity (Wildman–Crippen MR) is 134 cm³/mol. The Bertz CT molecular complexity index is 1080. The van der Waals surface area contributed by atoms with Gasteiger partial charge in [0.05, 0.1) is 10.9 Å². The fraction of sp³-hybridized carbons (Fsp3) is 0.462. The maximum absolute atomic E-state index is 13.4. The lowest BCUT2D eigenvalue weighted by atomic mass is 10.00. The molecule has 0 spiro atoms. The summed E-state index contributed by atoms with van der Waals surface area (Å²) in [6, 6.07) is 12.6. The number of likely N-dealkylation sites (tertiary alicyclic amines) is 1. The third-order valence-electron chi connectivity index (χ3n) is 6.36. The number of piperidine rings is 1. The van der Waals surface area contributed by atoms with Crippen molar-refractivity contribution in [2.75, 3.05) is 6.54 Å². The van der Waals surface area contributed by atoms with Crippen LogP contribution in [0.15, 0.2) is 53.9 Å². The van der Waals surface area contributed by atoms with Gasteiger partial charge in [-0.2, -0.15) is 0 Å². The largest absolute Gasteiger partial charge is 0.339 e. The average Bonchev–Trinajstić information content (AvgIpc) is 3.27. The van der Waals surface area contributed by atoms with Gasteiger partial charge in [0.15, 0.2) is 11.0 Å². The van der Waals surface area contributed by atoms with Crippen LogP contribution in [0.25, 0.3) is 17.1 Å². The number of pyridine rings is 1. The minimum atomic E-state index is -0.243. The normalized spacial score (nSPS) is 17.4. The van der Waals surface area contributed by atoms with Crippen molar-refractivity contribution >= 4 is 17.7 Å². The maximum atomic E-state index is 13.4. The summed E-state index contributed by atoms with van der Waals surface area (Å²) in [7, 11) is 0. The van der Waals surface area contributed by atoms with Gasteiger partial charge in [-0.05, 0) is 62.3 Å². The second kappa shape index (κ2) is 10.5. The molecule has 0 saturated carbocycles. The molecule has 3 heterocycles. The van der Waals surface area contributed by atoms with Crippen molar-refractivity contribution in [2.45, 2.75) is 75.7 Å². The summed E-state index contributed by atoms with van der Waals surface area (Å²) in [4.78, 5) is 19.8. The first-order valence-corrected chi connectivity index (χ1v) is 12.8. The standard InChI is InChI=1S/C26H33N5OS/c1-5-21-12-8-9-16-30(21)25(32)19(4)33-26-29-28-24(20-11-10-15-27-17-20)31(26)23-14-7-6-13-22(23)18(2)3/h6-7,10-11,13-15,17-19,21H,5,8-9,12,16H2,1-4H3. The first-order valence-electron chi connectivity index (χ1n) is 11.9. The van der Waals surface area contributed by atoms with Gasteiger partial charge >= 0.3 is 0 Å². The Morgan fingerprint density at radius 3 is 2.67 bits per heavy atom. The summed E-state index contributed by atoms with van der Waals surface area (Å²) >= 11 is 1.49. The SMILES string of the molecule is CCC1CCCCN1C(=O)C(C)Sc1nnc(-c2cccnc2)n1-c1ccccc1C(C)C. The van der Waals surface area contributed by atoms with Crippen molar-refractivity contribution in [2.24, 2.45) is 0 Å². The van der Waals surface area contributed by atoms with Crippen LogP contribution in [0, 0.1) is 0 Å². The second-order valence-electron chi connectivity index (χ2n) is 8.95. The molecule has 1 fully saturated rings. The molecule has 6 nitrogen and oxygen atoms in total. The summed E-state index contributed by atoms with van der Waals surface area (Å²) in [5.74, 6) is 1.27. The molecule has 2 atom stereocenters. The van der Waals surface area contributed by atoms with E-state index >= 15 is 0 Å². The van der Waals surface area contributed by atoms with E-state index in [2.05, 4.69) is 63.6 Å². The summed E-state index contributed by atoms with van der Waals surface area (Å²) in [5, 5.41) is 9.59. The van der Waals surface area contributed by atoms with Crippen LogP contribution in [-0.4, -0.2) is 48.4 Å². The van der Waals surface area contributed by atoms with Crippen LogP contribution >= 0.6 is 11.8 Å². The van der Waals surface area contributed by atoms with Crippen LogP contribution in [0.2, 0.25) is 0 Å². The molecule has 7 heteroatoms. The van der Waals surface area contributed by atoms with Crippen LogP contribution in [0.4, 0.5) is 0 Å². The van der Waals surface area contributed by atoms with Crippen molar-refractivity contribution < 1.29 is 4.79 Å². The molecule has 1 amide bonds. The molecule has 1 aliphatic rings. The number of rotatable bonds is 7. The minimum Gasteiger partial charge on any atom is -0.339 e. The predicted octanol–water partition coefficient (Wildman–Crippen LogP) is 5.72. The van der Waals surface area contributed by atoms with Crippen molar-refractivity contribution in [1.29, 1.82) is 0 Å². The summed E-state index contributed by atoms with van der Waals surface area (Å²) in [6.45, 7) is 9.39. The lowest BCUT2D eigenvalue weighted by Gasteiger charge is -2.36. The third kappa shape index (κ3) is 4.98. The molecule has 3 aromatic rings. The van der Waals surface area contributed by atoms with E-state index in [-0.39, 0.29) is 11.2 Å². The summed E-state index contributed by atoms with van der Waals surface area (Å²) in [5.41, 5.74) is 3.16. The van der Waals surface area contributed by atoms with E-state index in [1.807, 2.05) is 25.1 Å². The Balaban J connectivity index is 1.72. The van der Waals surface area contributed by atoms with Gasteiger partial charge in [-0.3, -0.25) is 14.3 Å². The number of thioether (sulfide) groups is 1. The Labute approximate surface area is 200 Å². The molecule has 0 N–H and O–H groups in total. The van der Waals surface area contributed by atoms with Crippen LogP contribution in [0.1, 0.15) is 64.9 Å². The zero-order chi connectivity index (χ0) is 23.4. The zero-order valence-corrected chi connectivity index (χ0v) is 20.8. The quantitative estimate of drug-likeness (QED) is 0.419. The van der Waals surface area contributed by atoms with Crippen molar-refractivity contribution in [3.05, 3.63) is 54.4 Å². The van der Waals surface area contributed by atoms with E-state index in [9.17, 15) is 4.79 Å². The number of carbonyl (C=O) groups is 1. The molecule has 1 saturated heterocycles. The van der Waals surface area contributed by atoms with Gasteiger partial charge in [0.2, 0.25) is 5.91 Å². The molecule has 0 bridgehead atoms. The monoisotopic (exact) mass is 463 g/mol. The number of carbonyl (C=O) groups excluding carboxylic acids is 1. The molecule has 0 aliphatic carbocycles. The number of benzene rings is 1. The first-order chi connectivity index (χ1) is 16.0. The molecule has 2 unspecified atom stereocenters. The Morgan fingerprint density at radius 1 is 1.12 bits per heavy atom. The fourth-order valence-corrected chi connectivity index (χ4v) is 5.51. The van der Waals surface area contributed by atoms with Crippen molar-refractivity contribution in [3.63, 3.8) is 0 Å². The molecule has 0 radical (unpaired) electrons. The van der Waals surface area contributed by atoms with Crippen LogP contribution < -0.4 is 0 Å². The van der Waals surface area contributed by atoms with Crippen LogP contribution in [0.3, 0.4) is 0 Å². The number of aromatic nitrogens is 4.